The SMILES string of the molecule is CCc1ccsc1C(N)Cc1ccncc1. The molecule has 2 heterocycles. The molecule has 0 radical (unpaired) electrons. The highest BCUT2D eigenvalue weighted by Crippen LogP contribution is 2.25. The fourth-order valence-electron chi connectivity index (χ4n) is 1.83. The molecule has 0 aromatic carbocycles. The highest BCUT2D eigenvalue weighted by Gasteiger charge is 2.12. The third kappa shape index (κ3) is 2.49. The standard InChI is InChI=1S/C13H16N2S/c1-2-11-5-8-16-13(11)12(14)9-10-3-6-15-7-4-10/h3-8,12H,2,9,14H2,1H3. The molecule has 16 heavy (non-hydrogen) atoms. The van der Waals surface area contributed by atoms with E-state index in [1.807, 2.05) is 24.5 Å². The average Bonchev–Trinajstić information content (AvgIpc) is 2.78. The van der Waals surface area contributed by atoms with Crippen LogP contribution in [0.4, 0.5) is 0 Å². The van der Waals surface area contributed by atoms with E-state index in [1.54, 1.807) is 11.3 Å². The van der Waals surface area contributed by atoms with Crippen molar-refractivity contribution >= 4 is 11.3 Å². The summed E-state index contributed by atoms with van der Waals surface area (Å²) in [6, 6.07) is 6.34. The Hall–Kier alpha value is -1.19. The van der Waals surface area contributed by atoms with Crippen LogP contribution >= 0.6 is 11.3 Å². The van der Waals surface area contributed by atoms with Gasteiger partial charge in [-0.25, -0.2) is 0 Å². The summed E-state index contributed by atoms with van der Waals surface area (Å²) >= 11 is 1.76. The van der Waals surface area contributed by atoms with Gasteiger partial charge in [-0.05, 0) is 47.5 Å². The Labute approximate surface area is 100 Å². The molecule has 2 aromatic rings. The molecule has 0 aliphatic carbocycles. The molecule has 0 spiro atoms. The molecule has 0 bridgehead atoms. The lowest BCUT2D eigenvalue weighted by Crippen LogP contribution is -2.13. The van der Waals surface area contributed by atoms with Crippen LogP contribution in [0.2, 0.25) is 0 Å². The first-order chi connectivity index (χ1) is 7.81. The lowest BCUT2D eigenvalue weighted by molar-refractivity contribution is 0.727. The van der Waals surface area contributed by atoms with Crippen LogP contribution in [0.1, 0.15) is 29.0 Å². The van der Waals surface area contributed by atoms with Crippen LogP contribution in [-0.2, 0) is 12.8 Å². The minimum atomic E-state index is 0.109. The number of rotatable bonds is 4. The fraction of sp³-hybridized carbons (Fsp3) is 0.308. The van der Waals surface area contributed by atoms with Crippen molar-refractivity contribution in [1.82, 2.24) is 4.98 Å². The number of hydrogen-bond donors (Lipinski definition) is 1. The topological polar surface area (TPSA) is 38.9 Å². The molecule has 0 fully saturated rings. The van der Waals surface area contributed by atoms with Crippen molar-refractivity contribution in [1.29, 1.82) is 0 Å². The summed E-state index contributed by atoms with van der Waals surface area (Å²) in [5.41, 5.74) is 8.87. The molecule has 0 amide bonds. The minimum absolute atomic E-state index is 0.109. The maximum absolute atomic E-state index is 6.24. The first kappa shape index (κ1) is 11.3. The fourth-order valence-corrected chi connectivity index (χ4v) is 2.83. The second kappa shape index (κ2) is 5.23. The van der Waals surface area contributed by atoms with E-state index in [-0.39, 0.29) is 6.04 Å². The second-order valence-corrected chi connectivity index (χ2v) is 4.78. The second-order valence-electron chi connectivity index (χ2n) is 3.83. The monoisotopic (exact) mass is 232 g/mol. The minimum Gasteiger partial charge on any atom is -0.323 e. The Kier molecular flexibility index (Phi) is 3.70. The Balaban J connectivity index is 2.11. The van der Waals surface area contributed by atoms with Crippen LogP contribution in [0, 0.1) is 0 Å². The number of aromatic nitrogens is 1. The van der Waals surface area contributed by atoms with E-state index in [2.05, 4.69) is 23.4 Å². The summed E-state index contributed by atoms with van der Waals surface area (Å²) in [7, 11) is 0. The average molecular weight is 232 g/mol. The van der Waals surface area contributed by atoms with Gasteiger partial charge >= 0.3 is 0 Å². The predicted molar refractivity (Wildman–Crippen MR) is 68.6 cm³/mol. The lowest BCUT2D eigenvalue weighted by Gasteiger charge is -2.11. The molecule has 2 rings (SSSR count). The highest BCUT2D eigenvalue weighted by molar-refractivity contribution is 7.10. The molecule has 2 N–H and O–H groups in total. The zero-order chi connectivity index (χ0) is 11.4. The largest absolute Gasteiger partial charge is 0.323 e. The number of nitrogens with two attached hydrogens (primary N) is 1. The highest BCUT2D eigenvalue weighted by atomic mass is 32.1. The summed E-state index contributed by atoms with van der Waals surface area (Å²) < 4.78 is 0. The van der Waals surface area contributed by atoms with E-state index in [1.165, 1.54) is 16.0 Å². The molecule has 0 aliphatic rings. The summed E-state index contributed by atoms with van der Waals surface area (Å²) in [5.74, 6) is 0. The van der Waals surface area contributed by atoms with E-state index in [0.717, 1.165) is 12.8 Å². The summed E-state index contributed by atoms with van der Waals surface area (Å²) in [6.45, 7) is 2.17. The molecule has 0 saturated heterocycles. The van der Waals surface area contributed by atoms with Crippen molar-refractivity contribution in [3.8, 4) is 0 Å². The summed E-state index contributed by atoms with van der Waals surface area (Å²) in [5, 5.41) is 2.13. The Bertz CT molecular complexity index is 436. The molecule has 2 aromatic heterocycles. The van der Waals surface area contributed by atoms with Crippen molar-refractivity contribution in [2.75, 3.05) is 0 Å². The van der Waals surface area contributed by atoms with E-state index in [0.29, 0.717) is 0 Å². The zero-order valence-electron chi connectivity index (χ0n) is 9.39. The number of thiophene rings is 1. The molecule has 3 heteroatoms. The van der Waals surface area contributed by atoms with Crippen molar-refractivity contribution < 1.29 is 0 Å². The van der Waals surface area contributed by atoms with Crippen LogP contribution in [0.25, 0.3) is 0 Å². The quantitative estimate of drug-likeness (QED) is 0.880. The van der Waals surface area contributed by atoms with E-state index in [4.69, 9.17) is 5.73 Å². The van der Waals surface area contributed by atoms with Crippen LogP contribution < -0.4 is 5.73 Å². The van der Waals surface area contributed by atoms with Crippen molar-refractivity contribution in [2.45, 2.75) is 25.8 Å². The van der Waals surface area contributed by atoms with Crippen molar-refractivity contribution in [3.05, 3.63) is 52.0 Å². The molecule has 0 aliphatic heterocycles. The first-order valence-corrected chi connectivity index (χ1v) is 6.40. The number of nitrogens with zero attached hydrogens (tertiary/aromatic N) is 1. The van der Waals surface area contributed by atoms with Gasteiger partial charge in [-0.15, -0.1) is 11.3 Å². The Morgan fingerprint density at radius 2 is 2.06 bits per heavy atom. The molecule has 1 unspecified atom stereocenters. The maximum Gasteiger partial charge on any atom is 0.0433 e. The van der Waals surface area contributed by atoms with Gasteiger partial charge in [-0.3, -0.25) is 4.98 Å². The lowest BCUT2D eigenvalue weighted by atomic mass is 10.0. The Morgan fingerprint density at radius 3 is 2.75 bits per heavy atom. The maximum atomic E-state index is 6.24. The van der Waals surface area contributed by atoms with Gasteiger partial charge in [-0.1, -0.05) is 6.92 Å². The van der Waals surface area contributed by atoms with E-state index >= 15 is 0 Å². The van der Waals surface area contributed by atoms with Crippen LogP contribution in [-0.4, -0.2) is 4.98 Å². The predicted octanol–water partition coefficient (Wildman–Crippen LogP) is 2.95. The zero-order valence-corrected chi connectivity index (χ0v) is 10.2. The van der Waals surface area contributed by atoms with Crippen LogP contribution in [0.3, 0.4) is 0 Å². The number of hydrogen-bond acceptors (Lipinski definition) is 3. The first-order valence-electron chi connectivity index (χ1n) is 5.52. The molecule has 2 nitrogen and oxygen atoms in total. The summed E-state index contributed by atoms with van der Waals surface area (Å²) in [4.78, 5) is 5.33. The van der Waals surface area contributed by atoms with Gasteiger partial charge in [0.05, 0.1) is 0 Å². The molecular formula is C13H16N2S. The molecule has 1 atom stereocenters. The van der Waals surface area contributed by atoms with Crippen molar-refractivity contribution in [3.63, 3.8) is 0 Å². The third-order valence-electron chi connectivity index (χ3n) is 2.70. The van der Waals surface area contributed by atoms with E-state index < -0.39 is 0 Å². The van der Waals surface area contributed by atoms with Gasteiger partial charge in [0.15, 0.2) is 0 Å². The van der Waals surface area contributed by atoms with Gasteiger partial charge in [0.25, 0.3) is 0 Å². The van der Waals surface area contributed by atoms with Gasteiger partial charge in [0.1, 0.15) is 0 Å². The Morgan fingerprint density at radius 1 is 1.31 bits per heavy atom. The van der Waals surface area contributed by atoms with Gasteiger partial charge in [0, 0.05) is 23.3 Å². The van der Waals surface area contributed by atoms with Gasteiger partial charge in [-0.2, -0.15) is 0 Å². The molecule has 84 valence electrons. The number of aryl methyl sites for hydroxylation is 1. The van der Waals surface area contributed by atoms with Crippen molar-refractivity contribution in [2.24, 2.45) is 5.73 Å². The smallest absolute Gasteiger partial charge is 0.0433 e. The number of pyridine rings is 1. The van der Waals surface area contributed by atoms with Gasteiger partial charge in [0.2, 0.25) is 0 Å². The third-order valence-corrected chi connectivity index (χ3v) is 3.79. The molecular weight excluding hydrogens is 216 g/mol. The molecule has 0 saturated carbocycles. The van der Waals surface area contributed by atoms with Gasteiger partial charge < -0.3 is 5.73 Å². The normalized spacial score (nSPS) is 12.6. The van der Waals surface area contributed by atoms with Crippen LogP contribution in [0.15, 0.2) is 36.0 Å². The summed E-state index contributed by atoms with van der Waals surface area (Å²) in [6.07, 6.45) is 5.58. The van der Waals surface area contributed by atoms with Crippen LogP contribution in [0.5, 0.6) is 0 Å². The van der Waals surface area contributed by atoms with E-state index in [9.17, 15) is 0 Å².